The first-order valence-corrected chi connectivity index (χ1v) is 10.4. The maximum atomic E-state index is 12.2. The standard InChI is InChI=1S/C24H30N2O4/c1-3-5-6-7-18-30-22-15-11-20(12-16-22)24(28)26-25-23(27)17-10-19-8-13-21(14-9-19)29-4-2/h8-17H,3-7,18H2,1-2H3,(H,25,27)(H,26,28)/b17-10+. The monoisotopic (exact) mass is 410 g/mol. The minimum Gasteiger partial charge on any atom is -0.494 e. The Morgan fingerprint density at radius 1 is 0.833 bits per heavy atom. The molecule has 0 atom stereocenters. The average molecular weight is 411 g/mol. The predicted molar refractivity (Wildman–Crippen MR) is 118 cm³/mol. The summed E-state index contributed by atoms with van der Waals surface area (Å²) in [5.74, 6) is 0.682. The molecule has 0 aliphatic carbocycles. The molecule has 0 spiro atoms. The predicted octanol–water partition coefficient (Wildman–Crippen LogP) is 4.52. The third-order valence-electron chi connectivity index (χ3n) is 4.30. The molecular weight excluding hydrogens is 380 g/mol. The normalized spacial score (nSPS) is 10.6. The highest BCUT2D eigenvalue weighted by Crippen LogP contribution is 2.14. The Morgan fingerprint density at radius 2 is 1.50 bits per heavy atom. The third kappa shape index (κ3) is 8.39. The van der Waals surface area contributed by atoms with Crippen molar-refractivity contribution in [2.24, 2.45) is 0 Å². The molecule has 0 unspecified atom stereocenters. The van der Waals surface area contributed by atoms with Gasteiger partial charge in [-0.2, -0.15) is 0 Å². The molecule has 6 nitrogen and oxygen atoms in total. The summed E-state index contributed by atoms with van der Waals surface area (Å²) in [6.07, 6.45) is 7.59. The number of benzene rings is 2. The van der Waals surface area contributed by atoms with Gasteiger partial charge in [-0.25, -0.2) is 0 Å². The Balaban J connectivity index is 1.74. The summed E-state index contributed by atoms with van der Waals surface area (Å²) in [5.41, 5.74) is 6.05. The molecule has 6 heteroatoms. The van der Waals surface area contributed by atoms with Crippen LogP contribution >= 0.6 is 0 Å². The third-order valence-corrected chi connectivity index (χ3v) is 4.30. The van der Waals surface area contributed by atoms with E-state index in [2.05, 4.69) is 17.8 Å². The van der Waals surface area contributed by atoms with E-state index in [4.69, 9.17) is 9.47 Å². The number of carbonyl (C=O) groups excluding carboxylic acids is 2. The first-order chi connectivity index (χ1) is 14.6. The molecule has 160 valence electrons. The van der Waals surface area contributed by atoms with Gasteiger partial charge in [0.15, 0.2) is 0 Å². The van der Waals surface area contributed by atoms with Crippen LogP contribution in [0.4, 0.5) is 0 Å². The Hall–Kier alpha value is -3.28. The summed E-state index contributed by atoms with van der Waals surface area (Å²) in [6.45, 7) is 5.36. The van der Waals surface area contributed by atoms with Crippen LogP contribution in [0.5, 0.6) is 11.5 Å². The van der Waals surface area contributed by atoms with Crippen LogP contribution in [0.15, 0.2) is 54.6 Å². The van der Waals surface area contributed by atoms with Crippen molar-refractivity contribution in [3.05, 3.63) is 65.7 Å². The van der Waals surface area contributed by atoms with Crippen molar-refractivity contribution in [3.8, 4) is 11.5 Å². The van der Waals surface area contributed by atoms with Gasteiger partial charge in [0.05, 0.1) is 13.2 Å². The van der Waals surface area contributed by atoms with Crippen molar-refractivity contribution in [1.82, 2.24) is 10.9 Å². The summed E-state index contributed by atoms with van der Waals surface area (Å²) in [5, 5.41) is 0. The minimum atomic E-state index is -0.427. The molecule has 0 heterocycles. The van der Waals surface area contributed by atoms with Crippen LogP contribution in [0.2, 0.25) is 0 Å². The Bertz CT molecular complexity index is 814. The van der Waals surface area contributed by atoms with Gasteiger partial charge >= 0.3 is 0 Å². The maximum absolute atomic E-state index is 12.2. The number of amides is 2. The van der Waals surface area contributed by atoms with Gasteiger partial charge in [0.25, 0.3) is 11.8 Å². The van der Waals surface area contributed by atoms with Crippen molar-refractivity contribution >= 4 is 17.9 Å². The fourth-order valence-electron chi connectivity index (χ4n) is 2.67. The topological polar surface area (TPSA) is 76.7 Å². The molecule has 0 fully saturated rings. The smallest absolute Gasteiger partial charge is 0.269 e. The minimum absolute atomic E-state index is 0.396. The number of ether oxygens (including phenoxy) is 2. The molecule has 0 saturated heterocycles. The van der Waals surface area contributed by atoms with Crippen LogP contribution in [-0.2, 0) is 4.79 Å². The molecule has 0 aromatic heterocycles. The SMILES string of the molecule is CCCCCCOc1ccc(C(=O)NNC(=O)/C=C/c2ccc(OCC)cc2)cc1. The summed E-state index contributed by atoms with van der Waals surface area (Å²) in [4.78, 5) is 24.1. The zero-order valence-electron chi connectivity index (χ0n) is 17.6. The lowest BCUT2D eigenvalue weighted by molar-refractivity contribution is -0.117. The number of unbranched alkanes of at least 4 members (excludes halogenated alkanes) is 3. The van der Waals surface area contributed by atoms with E-state index in [0.717, 1.165) is 29.9 Å². The van der Waals surface area contributed by atoms with Crippen molar-refractivity contribution in [3.63, 3.8) is 0 Å². The number of carbonyl (C=O) groups is 2. The number of hydrazine groups is 1. The molecule has 0 aliphatic rings. The Morgan fingerprint density at radius 3 is 2.17 bits per heavy atom. The van der Waals surface area contributed by atoms with Crippen molar-refractivity contribution in [2.45, 2.75) is 39.5 Å². The van der Waals surface area contributed by atoms with E-state index in [9.17, 15) is 9.59 Å². The van der Waals surface area contributed by atoms with E-state index >= 15 is 0 Å². The fourth-order valence-corrected chi connectivity index (χ4v) is 2.67. The molecule has 0 saturated carbocycles. The zero-order chi connectivity index (χ0) is 21.6. The number of hydrogen-bond donors (Lipinski definition) is 2. The van der Waals surface area contributed by atoms with Crippen molar-refractivity contribution in [2.75, 3.05) is 13.2 Å². The van der Waals surface area contributed by atoms with Gasteiger partial charge in [-0.1, -0.05) is 38.3 Å². The van der Waals surface area contributed by atoms with Gasteiger partial charge in [-0.15, -0.1) is 0 Å². The molecule has 2 aromatic rings. The highest BCUT2D eigenvalue weighted by molar-refractivity contribution is 5.97. The molecule has 2 rings (SSSR count). The van der Waals surface area contributed by atoms with Crippen LogP contribution in [0.1, 0.15) is 55.5 Å². The van der Waals surface area contributed by atoms with Crippen LogP contribution in [0.3, 0.4) is 0 Å². The molecule has 0 aliphatic heterocycles. The Kier molecular flexibility index (Phi) is 10.00. The number of rotatable bonds is 11. The van der Waals surface area contributed by atoms with E-state index in [1.54, 1.807) is 30.3 Å². The van der Waals surface area contributed by atoms with Crippen molar-refractivity contribution < 1.29 is 19.1 Å². The molecule has 2 amide bonds. The summed E-state index contributed by atoms with van der Waals surface area (Å²) < 4.78 is 11.0. The van der Waals surface area contributed by atoms with Crippen LogP contribution < -0.4 is 20.3 Å². The van der Waals surface area contributed by atoms with Gasteiger partial charge in [0.1, 0.15) is 11.5 Å². The van der Waals surface area contributed by atoms with Gasteiger partial charge in [-0.05, 0) is 61.4 Å². The van der Waals surface area contributed by atoms with E-state index in [1.165, 1.54) is 18.9 Å². The average Bonchev–Trinajstić information content (AvgIpc) is 2.77. The Labute approximate surface area is 178 Å². The van der Waals surface area contributed by atoms with Gasteiger partial charge in [0.2, 0.25) is 0 Å². The summed E-state index contributed by atoms with van der Waals surface area (Å²) >= 11 is 0. The molecule has 2 N–H and O–H groups in total. The fraction of sp³-hybridized carbons (Fsp3) is 0.333. The van der Waals surface area contributed by atoms with E-state index < -0.39 is 11.8 Å². The second-order valence-corrected chi connectivity index (χ2v) is 6.71. The van der Waals surface area contributed by atoms with Crippen LogP contribution in [0.25, 0.3) is 6.08 Å². The molecular formula is C24H30N2O4. The first kappa shape index (κ1) is 23.0. The number of nitrogens with one attached hydrogen (secondary N) is 2. The van der Waals surface area contributed by atoms with Gasteiger partial charge in [0, 0.05) is 11.6 Å². The molecule has 0 bridgehead atoms. The van der Waals surface area contributed by atoms with Crippen LogP contribution in [0, 0.1) is 0 Å². The summed E-state index contributed by atoms with van der Waals surface area (Å²) in [6, 6.07) is 14.2. The highest BCUT2D eigenvalue weighted by atomic mass is 16.5. The van der Waals surface area contributed by atoms with E-state index in [1.807, 2.05) is 31.2 Å². The summed E-state index contributed by atoms with van der Waals surface area (Å²) in [7, 11) is 0. The van der Waals surface area contributed by atoms with Gasteiger partial charge < -0.3 is 9.47 Å². The molecule has 0 radical (unpaired) electrons. The van der Waals surface area contributed by atoms with Gasteiger partial charge in [-0.3, -0.25) is 20.4 Å². The van der Waals surface area contributed by atoms with Crippen LogP contribution in [-0.4, -0.2) is 25.0 Å². The lowest BCUT2D eigenvalue weighted by Gasteiger charge is -2.08. The number of hydrogen-bond acceptors (Lipinski definition) is 4. The quantitative estimate of drug-likeness (QED) is 0.324. The molecule has 2 aromatic carbocycles. The zero-order valence-corrected chi connectivity index (χ0v) is 17.6. The highest BCUT2D eigenvalue weighted by Gasteiger charge is 2.06. The lowest BCUT2D eigenvalue weighted by atomic mass is 10.2. The van der Waals surface area contributed by atoms with Crippen molar-refractivity contribution in [1.29, 1.82) is 0 Å². The van der Waals surface area contributed by atoms with E-state index in [0.29, 0.717) is 18.8 Å². The second-order valence-electron chi connectivity index (χ2n) is 6.71. The largest absolute Gasteiger partial charge is 0.494 e. The van der Waals surface area contributed by atoms with E-state index in [-0.39, 0.29) is 0 Å². The molecule has 30 heavy (non-hydrogen) atoms. The maximum Gasteiger partial charge on any atom is 0.269 e. The second kappa shape index (κ2) is 13.0. The lowest BCUT2D eigenvalue weighted by Crippen LogP contribution is -2.40. The first-order valence-electron chi connectivity index (χ1n) is 10.4.